The minimum absolute atomic E-state index is 0.0840. The lowest BCUT2D eigenvalue weighted by Crippen LogP contribution is -2.21. The lowest BCUT2D eigenvalue weighted by atomic mass is 10.2. The molecule has 0 bridgehead atoms. The first-order valence-corrected chi connectivity index (χ1v) is 9.35. The summed E-state index contributed by atoms with van der Waals surface area (Å²) in [4.78, 5) is 34.0. The zero-order valence-corrected chi connectivity index (χ0v) is 17.2. The van der Waals surface area contributed by atoms with E-state index in [1.807, 2.05) is 6.92 Å². The second-order valence-electron chi connectivity index (χ2n) is 6.21. The second kappa shape index (κ2) is 11.0. The van der Waals surface area contributed by atoms with Crippen molar-refractivity contribution in [3.05, 3.63) is 57.1 Å². The van der Waals surface area contributed by atoms with Gasteiger partial charge in [0.2, 0.25) is 0 Å². The number of amides is 1. The van der Waals surface area contributed by atoms with Crippen LogP contribution in [-0.4, -0.2) is 37.1 Å². The third-order valence-corrected chi connectivity index (χ3v) is 4.38. The van der Waals surface area contributed by atoms with E-state index in [1.54, 1.807) is 18.2 Å². The van der Waals surface area contributed by atoms with Crippen LogP contribution in [0.4, 0.5) is 11.4 Å². The number of rotatable bonds is 10. The fourth-order valence-corrected chi connectivity index (χ4v) is 2.53. The molecule has 30 heavy (non-hydrogen) atoms. The topological polar surface area (TPSA) is 117 Å². The molecule has 2 aromatic rings. The van der Waals surface area contributed by atoms with Gasteiger partial charge in [-0.15, -0.1) is 0 Å². The SMILES string of the molecule is COc1cc([N+](=O)[O-])ccc1NC(=O)COC(=O)CCCOc1ccc(Cl)c(C)c1. The van der Waals surface area contributed by atoms with Crippen LogP contribution in [0, 0.1) is 17.0 Å². The summed E-state index contributed by atoms with van der Waals surface area (Å²) in [5.74, 6) is -0.361. The Kier molecular flexibility index (Phi) is 8.42. The number of anilines is 1. The van der Waals surface area contributed by atoms with Crippen molar-refractivity contribution >= 4 is 34.9 Å². The average Bonchev–Trinajstić information content (AvgIpc) is 2.72. The molecule has 10 heteroatoms. The number of halogens is 1. The highest BCUT2D eigenvalue weighted by atomic mass is 35.5. The lowest BCUT2D eigenvalue weighted by Gasteiger charge is -2.10. The van der Waals surface area contributed by atoms with E-state index in [0.717, 1.165) is 5.56 Å². The molecule has 0 atom stereocenters. The number of hydrogen-bond donors (Lipinski definition) is 1. The Morgan fingerprint density at radius 3 is 2.63 bits per heavy atom. The van der Waals surface area contributed by atoms with E-state index in [9.17, 15) is 19.7 Å². The van der Waals surface area contributed by atoms with Gasteiger partial charge in [0.05, 0.1) is 30.4 Å². The third kappa shape index (κ3) is 6.93. The standard InChI is InChI=1S/C20H21ClN2O7/c1-13-10-15(6-7-16(13)21)29-9-3-4-20(25)30-12-19(24)22-17-8-5-14(23(26)27)11-18(17)28-2/h5-8,10-11H,3-4,9,12H2,1-2H3,(H,22,24). The first-order valence-electron chi connectivity index (χ1n) is 8.97. The smallest absolute Gasteiger partial charge is 0.306 e. The molecule has 1 N–H and O–H groups in total. The first-order chi connectivity index (χ1) is 14.3. The molecule has 0 heterocycles. The van der Waals surface area contributed by atoms with E-state index in [2.05, 4.69) is 5.32 Å². The predicted molar refractivity (Wildman–Crippen MR) is 110 cm³/mol. The number of nitrogens with zero attached hydrogens (tertiary/aromatic N) is 1. The maximum absolute atomic E-state index is 12.0. The quantitative estimate of drug-likeness (QED) is 0.259. The number of carbonyl (C=O) groups is 2. The van der Waals surface area contributed by atoms with E-state index in [1.165, 1.54) is 25.3 Å². The van der Waals surface area contributed by atoms with E-state index in [-0.39, 0.29) is 23.5 Å². The number of ether oxygens (including phenoxy) is 3. The summed E-state index contributed by atoms with van der Waals surface area (Å²) in [6.45, 7) is 1.68. The molecule has 0 aliphatic carbocycles. The van der Waals surface area contributed by atoms with Gasteiger partial charge in [0.15, 0.2) is 6.61 Å². The van der Waals surface area contributed by atoms with E-state index in [4.69, 9.17) is 25.8 Å². The Bertz CT molecular complexity index is 933. The molecule has 0 aromatic heterocycles. The number of carbonyl (C=O) groups excluding carboxylic acids is 2. The van der Waals surface area contributed by atoms with Crippen LogP contribution in [0.25, 0.3) is 0 Å². The number of nitro benzene ring substituents is 1. The predicted octanol–water partition coefficient (Wildman–Crippen LogP) is 3.91. The zero-order valence-electron chi connectivity index (χ0n) is 16.5. The van der Waals surface area contributed by atoms with Crippen LogP contribution < -0.4 is 14.8 Å². The van der Waals surface area contributed by atoms with Gasteiger partial charge in [-0.25, -0.2) is 0 Å². The number of nitro groups is 1. The van der Waals surface area contributed by atoms with Crippen LogP contribution >= 0.6 is 11.6 Å². The van der Waals surface area contributed by atoms with Crippen LogP contribution in [0.15, 0.2) is 36.4 Å². The number of nitrogens with one attached hydrogen (secondary N) is 1. The molecule has 0 aliphatic heterocycles. The summed E-state index contributed by atoms with van der Waals surface area (Å²) in [7, 11) is 1.32. The number of aryl methyl sites for hydroxylation is 1. The molecule has 0 aliphatic rings. The van der Waals surface area contributed by atoms with Gasteiger partial charge in [-0.3, -0.25) is 19.7 Å². The third-order valence-electron chi connectivity index (χ3n) is 3.96. The molecule has 0 radical (unpaired) electrons. The Morgan fingerprint density at radius 1 is 1.20 bits per heavy atom. The van der Waals surface area contributed by atoms with Crippen molar-refractivity contribution in [2.24, 2.45) is 0 Å². The maximum Gasteiger partial charge on any atom is 0.306 e. The number of benzene rings is 2. The van der Waals surface area contributed by atoms with Gasteiger partial charge in [-0.1, -0.05) is 11.6 Å². The van der Waals surface area contributed by atoms with Gasteiger partial charge in [0.25, 0.3) is 11.6 Å². The highest BCUT2D eigenvalue weighted by molar-refractivity contribution is 6.31. The Labute approximate surface area is 178 Å². The highest BCUT2D eigenvalue weighted by Crippen LogP contribution is 2.28. The van der Waals surface area contributed by atoms with Crippen molar-refractivity contribution in [1.29, 1.82) is 0 Å². The van der Waals surface area contributed by atoms with Crippen molar-refractivity contribution < 1.29 is 28.7 Å². The molecular weight excluding hydrogens is 416 g/mol. The molecule has 9 nitrogen and oxygen atoms in total. The van der Waals surface area contributed by atoms with E-state index >= 15 is 0 Å². The molecule has 0 saturated carbocycles. The number of methoxy groups -OCH3 is 1. The largest absolute Gasteiger partial charge is 0.494 e. The molecule has 2 aromatic carbocycles. The summed E-state index contributed by atoms with van der Waals surface area (Å²) in [6.07, 6.45) is 0.499. The van der Waals surface area contributed by atoms with Crippen LogP contribution in [0.5, 0.6) is 11.5 Å². The minimum Gasteiger partial charge on any atom is -0.494 e. The number of hydrogen-bond acceptors (Lipinski definition) is 7. The fraction of sp³-hybridized carbons (Fsp3) is 0.300. The van der Waals surface area contributed by atoms with E-state index in [0.29, 0.717) is 23.8 Å². The van der Waals surface area contributed by atoms with Crippen LogP contribution in [0.2, 0.25) is 5.02 Å². The van der Waals surface area contributed by atoms with Gasteiger partial charge in [-0.05, 0) is 43.2 Å². The fourth-order valence-electron chi connectivity index (χ4n) is 2.41. The van der Waals surface area contributed by atoms with E-state index < -0.39 is 23.4 Å². The van der Waals surface area contributed by atoms with Crippen molar-refractivity contribution in [3.8, 4) is 11.5 Å². The van der Waals surface area contributed by atoms with Crippen molar-refractivity contribution in [2.45, 2.75) is 19.8 Å². The monoisotopic (exact) mass is 436 g/mol. The molecule has 160 valence electrons. The van der Waals surface area contributed by atoms with Crippen molar-refractivity contribution in [3.63, 3.8) is 0 Å². The Morgan fingerprint density at radius 2 is 1.97 bits per heavy atom. The molecule has 2 rings (SSSR count). The summed E-state index contributed by atoms with van der Waals surface area (Å²) in [5, 5.41) is 13.9. The molecule has 0 unspecified atom stereocenters. The van der Waals surface area contributed by atoms with Crippen LogP contribution in [0.3, 0.4) is 0 Å². The molecular formula is C20H21ClN2O7. The van der Waals surface area contributed by atoms with Gasteiger partial charge in [0, 0.05) is 17.5 Å². The zero-order chi connectivity index (χ0) is 22.1. The normalized spacial score (nSPS) is 10.2. The molecule has 0 saturated heterocycles. The van der Waals surface area contributed by atoms with Gasteiger partial charge < -0.3 is 19.5 Å². The highest BCUT2D eigenvalue weighted by Gasteiger charge is 2.14. The molecule has 0 spiro atoms. The van der Waals surface area contributed by atoms with Gasteiger partial charge >= 0.3 is 5.97 Å². The summed E-state index contributed by atoms with van der Waals surface area (Å²) < 4.78 is 15.5. The second-order valence-corrected chi connectivity index (χ2v) is 6.62. The number of esters is 1. The maximum atomic E-state index is 12.0. The van der Waals surface area contributed by atoms with Crippen molar-refractivity contribution in [1.82, 2.24) is 0 Å². The lowest BCUT2D eigenvalue weighted by molar-refractivity contribution is -0.384. The Hall–Kier alpha value is -3.33. The first kappa shape index (κ1) is 23.0. The van der Waals surface area contributed by atoms with Gasteiger partial charge in [-0.2, -0.15) is 0 Å². The average molecular weight is 437 g/mol. The van der Waals surface area contributed by atoms with Crippen LogP contribution in [-0.2, 0) is 14.3 Å². The Balaban J connectivity index is 1.72. The van der Waals surface area contributed by atoms with Gasteiger partial charge in [0.1, 0.15) is 11.5 Å². The summed E-state index contributed by atoms with van der Waals surface area (Å²) >= 11 is 5.95. The van der Waals surface area contributed by atoms with Crippen LogP contribution in [0.1, 0.15) is 18.4 Å². The summed E-state index contributed by atoms with van der Waals surface area (Å²) in [6, 6.07) is 9.03. The van der Waals surface area contributed by atoms with Crippen molar-refractivity contribution in [2.75, 3.05) is 25.6 Å². The molecule has 0 fully saturated rings. The molecule has 1 amide bonds. The summed E-state index contributed by atoms with van der Waals surface area (Å²) in [5.41, 5.74) is 0.951. The number of non-ortho nitro benzene ring substituents is 1. The minimum atomic E-state index is -0.594.